The van der Waals surface area contributed by atoms with Gasteiger partial charge in [0, 0.05) is 50.8 Å². The van der Waals surface area contributed by atoms with Gasteiger partial charge in [0.25, 0.3) is 5.91 Å². The first-order valence-corrected chi connectivity index (χ1v) is 7.77. The third-order valence-electron chi connectivity index (χ3n) is 3.12. The average molecular weight is 332 g/mol. The number of carbonyl (C=O) groups is 1. The highest BCUT2D eigenvalue weighted by Crippen LogP contribution is 2.23. The standard InChI is InChI=1S/C12H18BrN3OS/c1-15(7-8-16-5-3-14-4-6-16)12(17)11-10(13)2-9-18-11/h2,9,14H,3-8H2,1H3. The number of hydrogen-bond donors (Lipinski definition) is 1. The van der Waals surface area contributed by atoms with Gasteiger partial charge in [-0.25, -0.2) is 0 Å². The first-order valence-electron chi connectivity index (χ1n) is 6.10. The van der Waals surface area contributed by atoms with Gasteiger partial charge in [-0.3, -0.25) is 9.69 Å². The van der Waals surface area contributed by atoms with Crippen LogP contribution in [0.25, 0.3) is 0 Å². The van der Waals surface area contributed by atoms with Crippen LogP contribution in [0.1, 0.15) is 9.67 Å². The average Bonchev–Trinajstić information content (AvgIpc) is 2.82. The number of carbonyl (C=O) groups excluding carboxylic acids is 1. The predicted molar refractivity (Wildman–Crippen MR) is 78.3 cm³/mol. The van der Waals surface area contributed by atoms with Gasteiger partial charge in [-0.15, -0.1) is 11.3 Å². The van der Waals surface area contributed by atoms with Gasteiger partial charge >= 0.3 is 0 Å². The molecule has 0 aliphatic carbocycles. The third kappa shape index (κ3) is 3.54. The van der Waals surface area contributed by atoms with Crippen LogP contribution in [0.15, 0.2) is 15.9 Å². The molecule has 1 aliphatic rings. The Morgan fingerprint density at radius 2 is 2.28 bits per heavy atom. The van der Waals surface area contributed by atoms with E-state index in [1.807, 2.05) is 18.5 Å². The van der Waals surface area contributed by atoms with Crippen molar-refractivity contribution in [3.05, 3.63) is 20.8 Å². The van der Waals surface area contributed by atoms with E-state index in [0.717, 1.165) is 48.6 Å². The van der Waals surface area contributed by atoms with Crippen LogP contribution in [0, 0.1) is 0 Å². The molecule has 0 bridgehead atoms. The predicted octanol–water partition coefficient (Wildman–Crippen LogP) is 1.49. The molecule has 1 aromatic heterocycles. The maximum Gasteiger partial charge on any atom is 0.264 e. The molecule has 0 atom stereocenters. The molecule has 4 nitrogen and oxygen atoms in total. The Balaban J connectivity index is 1.82. The van der Waals surface area contributed by atoms with Crippen LogP contribution in [0.3, 0.4) is 0 Å². The molecule has 2 heterocycles. The van der Waals surface area contributed by atoms with Crippen molar-refractivity contribution in [3.63, 3.8) is 0 Å². The van der Waals surface area contributed by atoms with Gasteiger partial charge in [0.2, 0.25) is 0 Å². The molecule has 0 spiro atoms. The smallest absolute Gasteiger partial charge is 0.264 e. The molecule has 1 aromatic rings. The second-order valence-corrected chi connectivity index (χ2v) is 6.19. The lowest BCUT2D eigenvalue weighted by atomic mass is 10.3. The van der Waals surface area contributed by atoms with E-state index in [1.165, 1.54) is 11.3 Å². The fourth-order valence-electron chi connectivity index (χ4n) is 1.95. The van der Waals surface area contributed by atoms with Gasteiger partial charge in [-0.2, -0.15) is 0 Å². The Kier molecular flexibility index (Phi) is 5.17. The third-order valence-corrected chi connectivity index (χ3v) is 4.95. The van der Waals surface area contributed by atoms with Gasteiger partial charge in [-0.1, -0.05) is 0 Å². The number of amides is 1. The lowest BCUT2D eigenvalue weighted by Gasteiger charge is -2.29. The van der Waals surface area contributed by atoms with Gasteiger partial charge < -0.3 is 10.2 Å². The molecular weight excluding hydrogens is 314 g/mol. The molecule has 1 N–H and O–H groups in total. The number of piperazine rings is 1. The molecule has 100 valence electrons. The lowest BCUT2D eigenvalue weighted by molar-refractivity contribution is 0.0779. The first kappa shape index (κ1) is 14.0. The first-order chi connectivity index (χ1) is 8.68. The van der Waals surface area contributed by atoms with Crippen molar-refractivity contribution in [1.82, 2.24) is 15.1 Å². The normalized spacial score (nSPS) is 16.8. The number of nitrogens with one attached hydrogen (secondary N) is 1. The summed E-state index contributed by atoms with van der Waals surface area (Å²) >= 11 is 4.89. The van der Waals surface area contributed by atoms with Crippen LogP contribution in [-0.2, 0) is 0 Å². The second-order valence-electron chi connectivity index (χ2n) is 4.42. The molecule has 0 unspecified atom stereocenters. The fourth-order valence-corrected chi connectivity index (χ4v) is 3.48. The highest BCUT2D eigenvalue weighted by atomic mass is 79.9. The molecule has 18 heavy (non-hydrogen) atoms. The van der Waals surface area contributed by atoms with Crippen molar-refractivity contribution in [2.24, 2.45) is 0 Å². The van der Waals surface area contributed by atoms with Crippen LogP contribution in [0.2, 0.25) is 0 Å². The molecule has 1 aliphatic heterocycles. The minimum Gasteiger partial charge on any atom is -0.340 e. The van der Waals surface area contributed by atoms with Crippen LogP contribution < -0.4 is 5.32 Å². The minimum absolute atomic E-state index is 0.104. The Morgan fingerprint density at radius 3 is 2.89 bits per heavy atom. The van der Waals surface area contributed by atoms with E-state index >= 15 is 0 Å². The summed E-state index contributed by atoms with van der Waals surface area (Å²) in [5, 5.41) is 5.26. The van der Waals surface area contributed by atoms with E-state index in [9.17, 15) is 4.79 Å². The van der Waals surface area contributed by atoms with Crippen LogP contribution >= 0.6 is 27.3 Å². The Labute approximate surface area is 120 Å². The summed E-state index contributed by atoms with van der Waals surface area (Å²) in [6, 6.07) is 1.92. The topological polar surface area (TPSA) is 35.6 Å². The minimum atomic E-state index is 0.104. The van der Waals surface area contributed by atoms with E-state index in [1.54, 1.807) is 4.90 Å². The number of nitrogens with zero attached hydrogens (tertiary/aromatic N) is 2. The number of likely N-dealkylation sites (N-methyl/N-ethyl adjacent to an activating group) is 1. The number of halogens is 1. The van der Waals surface area contributed by atoms with E-state index in [2.05, 4.69) is 26.1 Å². The van der Waals surface area contributed by atoms with Gasteiger partial charge in [-0.05, 0) is 27.4 Å². The maximum atomic E-state index is 12.2. The molecule has 1 amide bonds. The summed E-state index contributed by atoms with van der Waals surface area (Å²) in [6.45, 7) is 5.98. The zero-order valence-corrected chi connectivity index (χ0v) is 12.9. The molecule has 2 rings (SSSR count). The van der Waals surface area contributed by atoms with Crippen molar-refractivity contribution in [3.8, 4) is 0 Å². The van der Waals surface area contributed by atoms with Crippen molar-refractivity contribution in [2.75, 3.05) is 46.3 Å². The van der Waals surface area contributed by atoms with Crippen LogP contribution in [0.5, 0.6) is 0 Å². The Morgan fingerprint density at radius 1 is 1.56 bits per heavy atom. The van der Waals surface area contributed by atoms with Crippen molar-refractivity contribution in [1.29, 1.82) is 0 Å². The van der Waals surface area contributed by atoms with Gasteiger partial charge in [0.05, 0.1) is 0 Å². The summed E-state index contributed by atoms with van der Waals surface area (Å²) in [5.41, 5.74) is 0. The summed E-state index contributed by atoms with van der Waals surface area (Å²) in [4.78, 5) is 17.2. The molecular formula is C12H18BrN3OS. The highest BCUT2D eigenvalue weighted by molar-refractivity contribution is 9.10. The van der Waals surface area contributed by atoms with Crippen LogP contribution in [-0.4, -0.2) is 62.0 Å². The fraction of sp³-hybridized carbons (Fsp3) is 0.583. The number of hydrogen-bond acceptors (Lipinski definition) is 4. The zero-order valence-electron chi connectivity index (χ0n) is 10.5. The highest BCUT2D eigenvalue weighted by Gasteiger charge is 2.17. The second kappa shape index (κ2) is 6.65. The monoisotopic (exact) mass is 331 g/mol. The van der Waals surface area contributed by atoms with Crippen molar-refractivity contribution < 1.29 is 4.79 Å². The lowest BCUT2D eigenvalue weighted by Crippen LogP contribution is -2.46. The zero-order chi connectivity index (χ0) is 13.0. The number of rotatable bonds is 4. The molecule has 0 aromatic carbocycles. The summed E-state index contributed by atoms with van der Waals surface area (Å²) in [7, 11) is 1.87. The SMILES string of the molecule is CN(CCN1CCNCC1)C(=O)c1sccc1Br. The summed E-state index contributed by atoms with van der Waals surface area (Å²) < 4.78 is 0.895. The quantitative estimate of drug-likeness (QED) is 0.907. The largest absolute Gasteiger partial charge is 0.340 e. The number of thiophene rings is 1. The molecule has 1 fully saturated rings. The van der Waals surface area contributed by atoms with Crippen molar-refractivity contribution in [2.45, 2.75) is 0 Å². The van der Waals surface area contributed by atoms with E-state index in [-0.39, 0.29) is 5.91 Å². The molecule has 1 saturated heterocycles. The van der Waals surface area contributed by atoms with E-state index in [0.29, 0.717) is 0 Å². The Hall–Kier alpha value is -0.430. The van der Waals surface area contributed by atoms with Crippen LogP contribution in [0.4, 0.5) is 0 Å². The molecule has 0 saturated carbocycles. The van der Waals surface area contributed by atoms with E-state index in [4.69, 9.17) is 0 Å². The molecule has 6 heteroatoms. The molecule has 0 radical (unpaired) electrons. The summed E-state index contributed by atoms with van der Waals surface area (Å²) in [6.07, 6.45) is 0. The Bertz CT molecular complexity index is 404. The maximum absolute atomic E-state index is 12.2. The van der Waals surface area contributed by atoms with E-state index < -0.39 is 0 Å². The van der Waals surface area contributed by atoms with Crippen molar-refractivity contribution >= 4 is 33.2 Å². The van der Waals surface area contributed by atoms with Gasteiger partial charge in [0.15, 0.2) is 0 Å². The van der Waals surface area contributed by atoms with Gasteiger partial charge in [0.1, 0.15) is 4.88 Å². The summed E-state index contributed by atoms with van der Waals surface area (Å²) in [5.74, 6) is 0.104.